The van der Waals surface area contributed by atoms with Crippen LogP contribution >= 0.6 is 35.3 Å². The zero-order chi connectivity index (χ0) is 23.8. The lowest BCUT2D eigenvalue weighted by Gasteiger charge is -2.14. The molecule has 172 valence electrons. The summed E-state index contributed by atoms with van der Waals surface area (Å²) in [6, 6.07) is 9.33. The average Bonchev–Trinajstić information content (AvgIpc) is 3.40. The minimum Gasteiger partial charge on any atom is -0.293 e. The second-order valence-electron chi connectivity index (χ2n) is 6.94. The first-order chi connectivity index (χ1) is 15.9. The molecule has 2 N–H and O–H groups in total. The number of nitrogens with zero attached hydrogens (tertiary/aromatic N) is 2. The number of nitro benzene ring substituents is 1. The Morgan fingerprint density at radius 1 is 1.12 bits per heavy atom. The third-order valence-corrected chi connectivity index (χ3v) is 6.83. The molecule has 0 radical (unpaired) electrons. The van der Waals surface area contributed by atoms with E-state index in [0.717, 1.165) is 4.88 Å². The van der Waals surface area contributed by atoms with Crippen LogP contribution in [-0.4, -0.2) is 38.4 Å². The molecule has 1 aromatic heterocycles. The van der Waals surface area contributed by atoms with Crippen molar-refractivity contribution in [2.75, 3.05) is 6.54 Å². The van der Waals surface area contributed by atoms with E-state index in [1.54, 1.807) is 16.2 Å². The second kappa shape index (κ2) is 11.7. The van der Waals surface area contributed by atoms with Crippen LogP contribution in [0.5, 0.6) is 0 Å². The van der Waals surface area contributed by atoms with Gasteiger partial charge in [-0.25, -0.2) is 0 Å². The number of thiophene rings is 1. The summed E-state index contributed by atoms with van der Waals surface area (Å²) in [6.07, 6.45) is 3.91. The number of amides is 3. The molecule has 2 aromatic rings. The van der Waals surface area contributed by atoms with E-state index in [1.165, 1.54) is 36.0 Å². The van der Waals surface area contributed by atoms with Gasteiger partial charge in [0.15, 0.2) is 0 Å². The molecule has 9 nitrogen and oxygen atoms in total. The van der Waals surface area contributed by atoms with Gasteiger partial charge in [-0.3, -0.25) is 40.2 Å². The van der Waals surface area contributed by atoms with Gasteiger partial charge in [0.1, 0.15) is 9.88 Å². The smallest absolute Gasteiger partial charge is 0.282 e. The van der Waals surface area contributed by atoms with Gasteiger partial charge in [-0.05, 0) is 36.4 Å². The fourth-order valence-electron chi connectivity index (χ4n) is 3.01. The Morgan fingerprint density at radius 2 is 1.91 bits per heavy atom. The minimum atomic E-state index is -0.763. The zero-order valence-corrected chi connectivity index (χ0v) is 19.8. The average molecular weight is 505 g/mol. The monoisotopic (exact) mass is 504 g/mol. The number of hydrogen-bond acceptors (Lipinski definition) is 8. The Labute approximate surface area is 203 Å². The molecular weight excluding hydrogens is 484 g/mol. The number of thioether (sulfide) groups is 1. The van der Waals surface area contributed by atoms with Crippen LogP contribution in [0.15, 0.2) is 46.7 Å². The summed E-state index contributed by atoms with van der Waals surface area (Å²) in [5.41, 5.74) is 3.97. The maximum Gasteiger partial charge on any atom is 0.282 e. The Morgan fingerprint density at radius 3 is 2.64 bits per heavy atom. The first-order valence-corrected chi connectivity index (χ1v) is 12.1. The van der Waals surface area contributed by atoms with Crippen LogP contribution in [0.25, 0.3) is 6.08 Å². The Hall–Kier alpha value is -3.09. The van der Waals surface area contributed by atoms with Gasteiger partial charge in [0.25, 0.3) is 17.5 Å². The normalized spacial score (nSPS) is 14.5. The SMILES string of the molecule is O=C(CCCCCN1C(=O)/C(=C\c2cccs2)SC1=S)NNC(=O)c1ccccc1[N+](=O)[O-]. The molecule has 1 aliphatic rings. The number of unbranched alkanes of at least 4 members (excludes halogenated alkanes) is 2. The van der Waals surface area contributed by atoms with Crippen molar-refractivity contribution in [1.82, 2.24) is 15.8 Å². The summed E-state index contributed by atoms with van der Waals surface area (Å²) in [7, 11) is 0. The van der Waals surface area contributed by atoms with Gasteiger partial charge in [0.05, 0.1) is 9.83 Å². The highest BCUT2D eigenvalue weighted by atomic mass is 32.2. The molecule has 3 amide bonds. The molecular formula is C21H20N4O5S3. The highest BCUT2D eigenvalue weighted by Gasteiger charge is 2.31. The van der Waals surface area contributed by atoms with Crippen molar-refractivity contribution < 1.29 is 19.3 Å². The van der Waals surface area contributed by atoms with Crippen molar-refractivity contribution in [3.63, 3.8) is 0 Å². The minimum absolute atomic E-state index is 0.103. The van der Waals surface area contributed by atoms with Gasteiger partial charge in [0.2, 0.25) is 5.91 Å². The lowest BCUT2D eigenvalue weighted by Crippen LogP contribution is -2.41. The molecule has 1 saturated heterocycles. The molecule has 0 bridgehead atoms. The third-order valence-electron chi connectivity index (χ3n) is 4.64. The lowest BCUT2D eigenvalue weighted by molar-refractivity contribution is -0.385. The van der Waals surface area contributed by atoms with Crippen LogP contribution in [0.1, 0.15) is 40.9 Å². The summed E-state index contributed by atoms with van der Waals surface area (Å²) in [6.45, 7) is 0.475. The van der Waals surface area contributed by atoms with Gasteiger partial charge in [-0.1, -0.05) is 48.6 Å². The highest BCUT2D eigenvalue weighted by molar-refractivity contribution is 8.26. The van der Waals surface area contributed by atoms with Crippen LogP contribution in [0, 0.1) is 10.1 Å². The lowest BCUT2D eigenvalue weighted by atomic mass is 10.1. The summed E-state index contributed by atoms with van der Waals surface area (Å²) in [5.74, 6) is -1.28. The third kappa shape index (κ3) is 6.70. The van der Waals surface area contributed by atoms with Crippen LogP contribution in [0.2, 0.25) is 0 Å². The number of carbonyl (C=O) groups is 3. The largest absolute Gasteiger partial charge is 0.293 e. The molecule has 1 aromatic carbocycles. The van der Waals surface area contributed by atoms with Gasteiger partial charge in [-0.2, -0.15) is 0 Å². The first kappa shape index (κ1) is 24.6. The van der Waals surface area contributed by atoms with E-state index >= 15 is 0 Å². The van der Waals surface area contributed by atoms with Gasteiger partial charge in [0, 0.05) is 23.9 Å². The molecule has 0 unspecified atom stereocenters. The van der Waals surface area contributed by atoms with Gasteiger partial charge >= 0.3 is 0 Å². The number of para-hydroxylation sites is 1. The van der Waals surface area contributed by atoms with Crippen molar-refractivity contribution in [1.29, 1.82) is 0 Å². The van der Waals surface area contributed by atoms with Crippen molar-refractivity contribution in [3.05, 3.63) is 67.2 Å². The molecule has 0 spiro atoms. The van der Waals surface area contributed by atoms with E-state index in [0.29, 0.717) is 35.0 Å². The predicted octanol–water partition coefficient (Wildman–Crippen LogP) is 3.88. The van der Waals surface area contributed by atoms with E-state index in [2.05, 4.69) is 10.9 Å². The predicted molar refractivity (Wildman–Crippen MR) is 131 cm³/mol. The molecule has 1 fully saturated rings. The number of carbonyl (C=O) groups excluding carboxylic acids is 3. The van der Waals surface area contributed by atoms with E-state index in [-0.39, 0.29) is 23.6 Å². The molecule has 2 heterocycles. The van der Waals surface area contributed by atoms with Crippen molar-refractivity contribution >= 4 is 69.1 Å². The number of thiocarbonyl (C=S) groups is 1. The van der Waals surface area contributed by atoms with Crippen LogP contribution in [0.3, 0.4) is 0 Å². The van der Waals surface area contributed by atoms with E-state index < -0.39 is 16.7 Å². The Kier molecular flexibility index (Phi) is 8.69. The first-order valence-electron chi connectivity index (χ1n) is 9.98. The van der Waals surface area contributed by atoms with Gasteiger partial charge < -0.3 is 0 Å². The fourth-order valence-corrected chi connectivity index (χ4v) is 5.04. The number of rotatable bonds is 9. The number of benzene rings is 1. The quantitative estimate of drug-likeness (QED) is 0.175. The molecule has 0 atom stereocenters. The molecule has 0 saturated carbocycles. The number of nitro groups is 1. The summed E-state index contributed by atoms with van der Waals surface area (Å²) >= 11 is 8.16. The highest BCUT2D eigenvalue weighted by Crippen LogP contribution is 2.33. The maximum absolute atomic E-state index is 12.6. The number of hydrazine groups is 1. The van der Waals surface area contributed by atoms with Crippen LogP contribution in [0.4, 0.5) is 5.69 Å². The van der Waals surface area contributed by atoms with Crippen molar-refractivity contribution in [2.45, 2.75) is 25.7 Å². The second-order valence-corrected chi connectivity index (χ2v) is 9.59. The van der Waals surface area contributed by atoms with E-state index in [4.69, 9.17) is 12.2 Å². The standard InChI is InChI=1S/C21H20N4O5S3/c26-18(22-23-19(27)15-8-3-4-9-16(15)25(29)30)10-2-1-5-11-24-20(28)17(33-21(24)31)13-14-7-6-12-32-14/h3-4,6-9,12-13H,1-2,5,10-11H2,(H,22,26)(H,23,27)/b17-13+. The van der Waals surface area contributed by atoms with Crippen molar-refractivity contribution in [2.24, 2.45) is 0 Å². The number of nitrogens with one attached hydrogen (secondary N) is 2. The molecule has 12 heteroatoms. The van der Waals surface area contributed by atoms with E-state index in [9.17, 15) is 24.5 Å². The summed E-state index contributed by atoms with van der Waals surface area (Å²) in [4.78, 5) is 50.1. The summed E-state index contributed by atoms with van der Waals surface area (Å²) in [5, 5.41) is 12.9. The zero-order valence-electron chi connectivity index (χ0n) is 17.3. The molecule has 0 aliphatic carbocycles. The van der Waals surface area contributed by atoms with Gasteiger partial charge in [-0.15, -0.1) is 11.3 Å². The number of hydrogen-bond donors (Lipinski definition) is 2. The fraction of sp³-hybridized carbons (Fsp3) is 0.238. The van der Waals surface area contributed by atoms with Crippen LogP contribution < -0.4 is 10.9 Å². The molecule has 33 heavy (non-hydrogen) atoms. The Bertz CT molecular complexity index is 1100. The van der Waals surface area contributed by atoms with Crippen LogP contribution in [-0.2, 0) is 9.59 Å². The Balaban J connectivity index is 1.36. The molecule has 1 aliphatic heterocycles. The molecule has 3 rings (SSSR count). The van der Waals surface area contributed by atoms with E-state index in [1.807, 2.05) is 23.6 Å². The topological polar surface area (TPSA) is 122 Å². The van der Waals surface area contributed by atoms with Crippen molar-refractivity contribution in [3.8, 4) is 0 Å². The maximum atomic E-state index is 12.6. The summed E-state index contributed by atoms with van der Waals surface area (Å²) < 4.78 is 0.526.